The van der Waals surface area contributed by atoms with Crippen LogP contribution in [0.5, 0.6) is 0 Å². The van der Waals surface area contributed by atoms with Crippen molar-refractivity contribution in [3.63, 3.8) is 0 Å². The molecule has 158 valence electrons. The highest BCUT2D eigenvalue weighted by molar-refractivity contribution is 7.89. The summed E-state index contributed by atoms with van der Waals surface area (Å²) >= 11 is 1.34. The second kappa shape index (κ2) is 8.13. The quantitative estimate of drug-likeness (QED) is 0.552. The molecular formula is C20H23N5O3S2. The summed E-state index contributed by atoms with van der Waals surface area (Å²) < 4.78 is 28.9. The first-order valence-electron chi connectivity index (χ1n) is 9.08. The van der Waals surface area contributed by atoms with Gasteiger partial charge in [-0.05, 0) is 45.0 Å². The molecule has 0 bridgehead atoms. The number of nitrogen functional groups attached to an aromatic ring is 1. The Bertz CT molecular complexity index is 1180. The van der Waals surface area contributed by atoms with Crippen molar-refractivity contribution in [1.82, 2.24) is 14.7 Å². The van der Waals surface area contributed by atoms with E-state index >= 15 is 0 Å². The van der Waals surface area contributed by atoms with Crippen LogP contribution < -0.4 is 15.8 Å². The molecule has 0 fully saturated rings. The van der Waals surface area contributed by atoms with Crippen LogP contribution >= 0.6 is 11.3 Å². The molecule has 10 heteroatoms. The number of amides is 1. The van der Waals surface area contributed by atoms with Gasteiger partial charge in [-0.3, -0.25) is 4.79 Å². The number of thiazole rings is 1. The number of nitrogens with two attached hydrogens (primary N) is 1. The van der Waals surface area contributed by atoms with Crippen LogP contribution in [0.4, 0.5) is 11.5 Å². The minimum Gasteiger partial charge on any atom is -0.384 e. The van der Waals surface area contributed by atoms with Crippen molar-refractivity contribution in [3.05, 3.63) is 42.7 Å². The van der Waals surface area contributed by atoms with Gasteiger partial charge in [0, 0.05) is 41.7 Å². The zero-order chi connectivity index (χ0) is 22.1. The first-order valence-corrected chi connectivity index (χ1v) is 11.4. The molecule has 1 aromatic carbocycles. The lowest BCUT2D eigenvalue weighted by Crippen LogP contribution is -2.40. The summed E-state index contributed by atoms with van der Waals surface area (Å²) in [6.45, 7) is 6.66. The lowest BCUT2D eigenvalue weighted by atomic mass is 10.1. The lowest BCUT2D eigenvalue weighted by molar-refractivity contribution is -0.114. The predicted octanol–water partition coefficient (Wildman–Crippen LogP) is 3.49. The molecule has 0 spiro atoms. The second-order valence-electron chi connectivity index (χ2n) is 7.75. The summed E-state index contributed by atoms with van der Waals surface area (Å²) in [6.07, 6.45) is 3.25. The molecule has 0 unspecified atom stereocenters. The van der Waals surface area contributed by atoms with Gasteiger partial charge >= 0.3 is 0 Å². The van der Waals surface area contributed by atoms with E-state index in [9.17, 15) is 13.2 Å². The average Bonchev–Trinajstić information content (AvgIpc) is 3.09. The first-order chi connectivity index (χ1) is 13.9. The number of aromatic nitrogens is 2. The Hall–Kier alpha value is -2.82. The number of sulfonamides is 1. The molecule has 2 heterocycles. The van der Waals surface area contributed by atoms with E-state index in [0.29, 0.717) is 27.0 Å². The van der Waals surface area contributed by atoms with Crippen molar-refractivity contribution in [3.8, 4) is 21.0 Å². The molecule has 8 nitrogen and oxygen atoms in total. The molecule has 1 amide bonds. The van der Waals surface area contributed by atoms with E-state index in [4.69, 9.17) is 5.73 Å². The van der Waals surface area contributed by atoms with Gasteiger partial charge in [-0.25, -0.2) is 23.1 Å². The van der Waals surface area contributed by atoms with Crippen LogP contribution in [0.25, 0.3) is 21.0 Å². The number of anilines is 2. The summed E-state index contributed by atoms with van der Waals surface area (Å²) in [4.78, 5) is 20.7. The van der Waals surface area contributed by atoms with E-state index < -0.39 is 15.6 Å². The summed E-state index contributed by atoms with van der Waals surface area (Å²) in [7, 11) is -3.87. The smallest absolute Gasteiger partial charge is 0.241 e. The molecule has 0 atom stereocenters. The van der Waals surface area contributed by atoms with Gasteiger partial charge in [-0.15, -0.1) is 11.3 Å². The van der Waals surface area contributed by atoms with Gasteiger partial charge in [0.15, 0.2) is 0 Å². The molecule has 0 saturated carbocycles. The molecule has 30 heavy (non-hydrogen) atoms. The second-order valence-corrected chi connectivity index (χ2v) is 10.4. The van der Waals surface area contributed by atoms with E-state index in [2.05, 4.69) is 20.0 Å². The Balaban J connectivity index is 2.10. The molecule has 0 aliphatic heterocycles. The van der Waals surface area contributed by atoms with Crippen LogP contribution in [0.15, 0.2) is 47.6 Å². The van der Waals surface area contributed by atoms with E-state index in [1.807, 2.05) is 6.07 Å². The fraction of sp³-hybridized carbons (Fsp3) is 0.250. The van der Waals surface area contributed by atoms with Crippen LogP contribution in [-0.4, -0.2) is 29.8 Å². The van der Waals surface area contributed by atoms with Crippen molar-refractivity contribution in [2.24, 2.45) is 0 Å². The van der Waals surface area contributed by atoms with E-state index in [1.165, 1.54) is 24.3 Å². The minimum atomic E-state index is -3.87. The number of nitrogens with one attached hydrogen (secondary N) is 2. The molecule has 3 rings (SSSR count). The average molecular weight is 446 g/mol. The lowest BCUT2D eigenvalue weighted by Gasteiger charge is -2.22. The topological polar surface area (TPSA) is 127 Å². The highest BCUT2D eigenvalue weighted by atomic mass is 32.2. The van der Waals surface area contributed by atoms with Crippen molar-refractivity contribution >= 4 is 38.8 Å². The third kappa shape index (κ3) is 5.21. The number of nitrogens with zero attached hydrogens (tertiary/aromatic N) is 2. The minimum absolute atomic E-state index is 0.0642. The predicted molar refractivity (Wildman–Crippen MR) is 120 cm³/mol. The summed E-state index contributed by atoms with van der Waals surface area (Å²) in [5.74, 6) is 0.122. The van der Waals surface area contributed by atoms with Gasteiger partial charge in [-0.1, -0.05) is 6.07 Å². The Kier molecular flexibility index (Phi) is 5.93. The number of hydrogen-bond donors (Lipinski definition) is 3. The highest BCUT2D eigenvalue weighted by Gasteiger charge is 2.26. The number of hydrogen-bond acceptors (Lipinski definition) is 7. The van der Waals surface area contributed by atoms with Gasteiger partial charge in [0.2, 0.25) is 15.9 Å². The molecular weight excluding hydrogens is 422 g/mol. The van der Waals surface area contributed by atoms with Crippen LogP contribution in [0.3, 0.4) is 0 Å². The van der Waals surface area contributed by atoms with Crippen LogP contribution in [0, 0.1) is 0 Å². The van der Waals surface area contributed by atoms with Gasteiger partial charge in [0.05, 0.1) is 9.77 Å². The van der Waals surface area contributed by atoms with Crippen LogP contribution in [-0.2, 0) is 14.8 Å². The van der Waals surface area contributed by atoms with Crippen molar-refractivity contribution in [1.29, 1.82) is 0 Å². The van der Waals surface area contributed by atoms with Crippen LogP contribution in [0.1, 0.15) is 27.7 Å². The van der Waals surface area contributed by atoms with Crippen molar-refractivity contribution in [2.75, 3.05) is 11.1 Å². The fourth-order valence-corrected chi connectivity index (χ4v) is 5.43. The van der Waals surface area contributed by atoms with E-state index in [-0.39, 0.29) is 10.8 Å². The molecule has 2 aromatic heterocycles. The summed E-state index contributed by atoms with van der Waals surface area (Å²) in [6, 6.07) is 8.28. The van der Waals surface area contributed by atoms with Gasteiger partial charge in [-0.2, -0.15) is 0 Å². The SMILES string of the molecule is CC(=O)Nc1ccc(-c2cnc(-c3ccc(N)nc3)s2)c(S(=O)(=O)NC(C)(C)C)c1. The number of rotatable bonds is 5. The number of carbonyl (C=O) groups is 1. The maximum absolute atomic E-state index is 13.1. The maximum Gasteiger partial charge on any atom is 0.241 e. The van der Waals surface area contributed by atoms with Crippen molar-refractivity contribution < 1.29 is 13.2 Å². The molecule has 3 aromatic rings. The van der Waals surface area contributed by atoms with Crippen molar-refractivity contribution in [2.45, 2.75) is 38.1 Å². The monoisotopic (exact) mass is 445 g/mol. The third-order valence-electron chi connectivity index (χ3n) is 3.84. The standard InChI is InChI=1S/C20H23N5O3S2/c1-12(26)24-14-6-7-15(17(9-14)30(27,28)25-20(2,3)4)16-11-23-19(29-16)13-5-8-18(21)22-10-13/h5-11,25H,1-4H3,(H2,21,22)(H,24,26). The first kappa shape index (κ1) is 21.9. The highest BCUT2D eigenvalue weighted by Crippen LogP contribution is 2.37. The van der Waals surface area contributed by atoms with Gasteiger partial charge in [0.25, 0.3) is 0 Å². The normalized spacial score (nSPS) is 12.0. The zero-order valence-corrected chi connectivity index (χ0v) is 18.7. The van der Waals surface area contributed by atoms with Gasteiger partial charge < -0.3 is 11.1 Å². The molecule has 0 radical (unpaired) electrons. The maximum atomic E-state index is 13.1. The Labute approximate surface area is 179 Å². The third-order valence-corrected chi connectivity index (χ3v) is 6.71. The largest absolute Gasteiger partial charge is 0.384 e. The molecule has 0 saturated heterocycles. The van der Waals surface area contributed by atoms with E-state index in [1.54, 1.807) is 51.4 Å². The summed E-state index contributed by atoms with van der Waals surface area (Å²) in [5, 5.41) is 3.32. The number of pyridine rings is 1. The van der Waals surface area contributed by atoms with Crippen LogP contribution in [0.2, 0.25) is 0 Å². The molecule has 4 N–H and O–H groups in total. The number of carbonyl (C=O) groups excluding carboxylic acids is 1. The Morgan fingerprint density at radius 1 is 1.10 bits per heavy atom. The Morgan fingerprint density at radius 3 is 2.43 bits per heavy atom. The zero-order valence-electron chi connectivity index (χ0n) is 17.1. The fourth-order valence-electron chi connectivity index (χ4n) is 2.75. The molecule has 0 aliphatic rings. The number of benzene rings is 1. The summed E-state index contributed by atoms with van der Waals surface area (Å²) in [5.41, 5.74) is 6.64. The Morgan fingerprint density at radius 2 is 1.83 bits per heavy atom. The van der Waals surface area contributed by atoms with Gasteiger partial charge in [0.1, 0.15) is 10.8 Å². The molecule has 0 aliphatic carbocycles. The van der Waals surface area contributed by atoms with E-state index in [0.717, 1.165) is 5.56 Å².